The topological polar surface area (TPSA) is 37.8 Å². The smallest absolute Gasteiger partial charge is 0.133 e. The fourth-order valence-corrected chi connectivity index (χ4v) is 1.92. The Hall–Kier alpha value is -2.68. The summed E-state index contributed by atoms with van der Waals surface area (Å²) in [5, 5.41) is 3.26. The Labute approximate surface area is 112 Å². The lowest BCUT2D eigenvalue weighted by atomic mass is 10.1. The van der Waals surface area contributed by atoms with E-state index in [1.54, 1.807) is 6.20 Å². The first-order valence-electron chi connectivity index (χ1n) is 6.10. The molecule has 0 radical (unpaired) electrons. The maximum Gasteiger partial charge on any atom is 0.133 e. The molecule has 0 amide bonds. The second kappa shape index (κ2) is 5.31. The average molecular weight is 247 g/mol. The van der Waals surface area contributed by atoms with Gasteiger partial charge in [0.25, 0.3) is 0 Å². The molecule has 0 atom stereocenters. The third-order valence-corrected chi connectivity index (χ3v) is 2.82. The molecule has 1 aromatic heterocycles. The zero-order valence-electron chi connectivity index (χ0n) is 10.3. The monoisotopic (exact) mass is 247 g/mol. The average Bonchev–Trinajstić information content (AvgIpc) is 2.49. The molecule has 0 saturated heterocycles. The molecule has 0 aliphatic carbocycles. The van der Waals surface area contributed by atoms with Gasteiger partial charge in [-0.25, -0.2) is 9.97 Å². The van der Waals surface area contributed by atoms with Crippen molar-refractivity contribution in [3.63, 3.8) is 0 Å². The van der Waals surface area contributed by atoms with Gasteiger partial charge in [0, 0.05) is 11.9 Å². The second-order valence-corrected chi connectivity index (χ2v) is 4.17. The summed E-state index contributed by atoms with van der Waals surface area (Å²) in [7, 11) is 0. The zero-order chi connectivity index (χ0) is 12.9. The first kappa shape index (κ1) is 11.4. The number of rotatable bonds is 3. The molecule has 19 heavy (non-hydrogen) atoms. The standard InChI is InChI=1S/C16H13N3/c1-2-5-13(6-3-1)14-7-4-8-15(11-14)19-16-9-10-17-12-18-16/h1-12H,(H,17,18,19). The Morgan fingerprint density at radius 1 is 0.789 bits per heavy atom. The first-order chi connectivity index (χ1) is 9.42. The van der Waals surface area contributed by atoms with E-state index in [9.17, 15) is 0 Å². The van der Waals surface area contributed by atoms with Crippen molar-refractivity contribution in [2.75, 3.05) is 5.32 Å². The van der Waals surface area contributed by atoms with Gasteiger partial charge in [-0.1, -0.05) is 42.5 Å². The Balaban J connectivity index is 1.89. The molecule has 3 nitrogen and oxygen atoms in total. The summed E-state index contributed by atoms with van der Waals surface area (Å²) >= 11 is 0. The van der Waals surface area contributed by atoms with Crippen LogP contribution in [0, 0.1) is 0 Å². The van der Waals surface area contributed by atoms with Crippen molar-refractivity contribution in [3.05, 3.63) is 73.2 Å². The molecule has 2 aromatic carbocycles. The van der Waals surface area contributed by atoms with E-state index in [4.69, 9.17) is 0 Å². The van der Waals surface area contributed by atoms with Gasteiger partial charge in [-0.15, -0.1) is 0 Å². The van der Waals surface area contributed by atoms with Gasteiger partial charge in [0.15, 0.2) is 0 Å². The van der Waals surface area contributed by atoms with E-state index < -0.39 is 0 Å². The van der Waals surface area contributed by atoms with Crippen LogP contribution in [-0.2, 0) is 0 Å². The molecule has 92 valence electrons. The van der Waals surface area contributed by atoms with Gasteiger partial charge in [-0.3, -0.25) is 0 Å². The van der Waals surface area contributed by atoms with Gasteiger partial charge in [0.2, 0.25) is 0 Å². The van der Waals surface area contributed by atoms with Crippen LogP contribution in [-0.4, -0.2) is 9.97 Å². The van der Waals surface area contributed by atoms with E-state index in [2.05, 4.69) is 39.6 Å². The van der Waals surface area contributed by atoms with Crippen LogP contribution < -0.4 is 5.32 Å². The van der Waals surface area contributed by atoms with Gasteiger partial charge in [0.1, 0.15) is 12.1 Å². The maximum absolute atomic E-state index is 4.15. The highest BCUT2D eigenvalue weighted by Crippen LogP contribution is 2.23. The second-order valence-electron chi connectivity index (χ2n) is 4.17. The molecule has 1 N–H and O–H groups in total. The lowest BCUT2D eigenvalue weighted by Crippen LogP contribution is -1.93. The van der Waals surface area contributed by atoms with E-state index in [0.29, 0.717) is 0 Å². The molecule has 0 unspecified atom stereocenters. The van der Waals surface area contributed by atoms with Crippen molar-refractivity contribution < 1.29 is 0 Å². The Bertz CT molecular complexity index is 651. The van der Waals surface area contributed by atoms with Crippen molar-refractivity contribution in [1.29, 1.82) is 0 Å². The summed E-state index contributed by atoms with van der Waals surface area (Å²) in [4.78, 5) is 8.06. The summed E-state index contributed by atoms with van der Waals surface area (Å²) in [5.41, 5.74) is 3.40. The molecule has 0 spiro atoms. The van der Waals surface area contributed by atoms with Crippen LogP contribution in [0.25, 0.3) is 11.1 Å². The predicted octanol–water partition coefficient (Wildman–Crippen LogP) is 3.89. The normalized spacial score (nSPS) is 10.1. The van der Waals surface area contributed by atoms with Crippen LogP contribution >= 0.6 is 0 Å². The largest absolute Gasteiger partial charge is 0.340 e. The minimum atomic E-state index is 0.792. The molecule has 0 saturated carbocycles. The van der Waals surface area contributed by atoms with Crippen molar-refractivity contribution in [3.8, 4) is 11.1 Å². The summed E-state index contributed by atoms with van der Waals surface area (Å²) < 4.78 is 0. The van der Waals surface area contributed by atoms with E-state index in [0.717, 1.165) is 11.5 Å². The zero-order valence-corrected chi connectivity index (χ0v) is 10.3. The van der Waals surface area contributed by atoms with Gasteiger partial charge in [0.05, 0.1) is 0 Å². The molecule has 3 heteroatoms. The summed E-state index contributed by atoms with van der Waals surface area (Å²) in [6, 6.07) is 20.4. The number of aromatic nitrogens is 2. The van der Waals surface area contributed by atoms with Crippen molar-refractivity contribution in [1.82, 2.24) is 9.97 Å². The lowest BCUT2D eigenvalue weighted by molar-refractivity contribution is 1.17. The fourth-order valence-electron chi connectivity index (χ4n) is 1.92. The molecule has 0 bridgehead atoms. The Morgan fingerprint density at radius 3 is 2.42 bits per heavy atom. The van der Waals surface area contributed by atoms with Gasteiger partial charge >= 0.3 is 0 Å². The minimum absolute atomic E-state index is 0.792. The summed E-state index contributed by atoms with van der Waals surface area (Å²) in [6.45, 7) is 0. The van der Waals surface area contributed by atoms with E-state index in [-0.39, 0.29) is 0 Å². The van der Waals surface area contributed by atoms with Gasteiger partial charge in [-0.2, -0.15) is 0 Å². The number of nitrogens with one attached hydrogen (secondary N) is 1. The SMILES string of the molecule is c1ccc(-c2cccc(Nc3ccncn3)c2)cc1. The minimum Gasteiger partial charge on any atom is -0.340 e. The molecule has 1 heterocycles. The number of hydrogen-bond donors (Lipinski definition) is 1. The number of benzene rings is 2. The molecule has 3 rings (SSSR count). The quantitative estimate of drug-likeness (QED) is 0.763. The van der Waals surface area contributed by atoms with Crippen LogP contribution in [0.5, 0.6) is 0 Å². The van der Waals surface area contributed by atoms with Crippen LogP contribution in [0.4, 0.5) is 11.5 Å². The van der Waals surface area contributed by atoms with E-state index in [1.807, 2.05) is 36.4 Å². The third kappa shape index (κ3) is 2.77. The highest BCUT2D eigenvalue weighted by Gasteiger charge is 1.99. The molecular weight excluding hydrogens is 234 g/mol. The van der Waals surface area contributed by atoms with Gasteiger partial charge < -0.3 is 5.32 Å². The first-order valence-corrected chi connectivity index (χ1v) is 6.10. The van der Waals surface area contributed by atoms with Crippen LogP contribution in [0.2, 0.25) is 0 Å². The maximum atomic E-state index is 4.15. The van der Waals surface area contributed by atoms with Gasteiger partial charge in [-0.05, 0) is 29.3 Å². The third-order valence-electron chi connectivity index (χ3n) is 2.82. The van der Waals surface area contributed by atoms with Crippen LogP contribution in [0.15, 0.2) is 73.2 Å². The Morgan fingerprint density at radius 2 is 1.63 bits per heavy atom. The molecule has 0 fully saturated rings. The molecule has 0 aliphatic heterocycles. The number of nitrogens with zero attached hydrogens (tertiary/aromatic N) is 2. The van der Waals surface area contributed by atoms with E-state index in [1.165, 1.54) is 17.5 Å². The van der Waals surface area contributed by atoms with Crippen LogP contribution in [0.1, 0.15) is 0 Å². The highest BCUT2D eigenvalue weighted by atomic mass is 15.0. The number of hydrogen-bond acceptors (Lipinski definition) is 3. The van der Waals surface area contributed by atoms with E-state index >= 15 is 0 Å². The molecule has 0 aliphatic rings. The summed E-state index contributed by atoms with van der Waals surface area (Å²) in [5.74, 6) is 0.792. The predicted molar refractivity (Wildman–Crippen MR) is 77.2 cm³/mol. The highest BCUT2D eigenvalue weighted by molar-refractivity contribution is 5.69. The van der Waals surface area contributed by atoms with Crippen molar-refractivity contribution in [2.24, 2.45) is 0 Å². The molecular formula is C16H13N3. The van der Waals surface area contributed by atoms with Crippen molar-refractivity contribution >= 4 is 11.5 Å². The summed E-state index contributed by atoms with van der Waals surface area (Å²) in [6.07, 6.45) is 3.25. The Kier molecular flexibility index (Phi) is 3.19. The van der Waals surface area contributed by atoms with Crippen LogP contribution in [0.3, 0.4) is 0 Å². The lowest BCUT2D eigenvalue weighted by Gasteiger charge is -2.07. The van der Waals surface area contributed by atoms with Crippen molar-refractivity contribution in [2.45, 2.75) is 0 Å². The molecule has 3 aromatic rings. The number of anilines is 2. The fraction of sp³-hybridized carbons (Fsp3) is 0.